The Balaban J connectivity index is 0.000000241. The van der Waals surface area contributed by atoms with Crippen molar-refractivity contribution in [2.45, 2.75) is 99.7 Å². The highest BCUT2D eigenvalue weighted by molar-refractivity contribution is 7.91. The normalized spacial score (nSPS) is 14.6. The number of hydrogen-bond acceptors (Lipinski definition) is 17. The lowest BCUT2D eigenvalue weighted by Crippen LogP contribution is -2.45. The minimum atomic E-state index is -3.31. The molecule has 0 radical (unpaired) electrons. The number of sulfone groups is 2. The summed E-state index contributed by atoms with van der Waals surface area (Å²) in [6.07, 6.45) is 3.61. The summed E-state index contributed by atoms with van der Waals surface area (Å²) < 4.78 is 70.0. The van der Waals surface area contributed by atoms with Crippen molar-refractivity contribution in [3.8, 4) is 35.0 Å². The second-order valence-electron chi connectivity index (χ2n) is 18.0. The number of halogens is 2. The van der Waals surface area contributed by atoms with Crippen molar-refractivity contribution in [1.29, 1.82) is 10.5 Å². The standard InChI is InChI=1S/C25H31ClN4O4SSi.C19H17ClN4O4S.C4H8O/c1-16(34-36(6,7)25(2,3)4)22(28-19-11-8-18(15-27)21(26)14-19)24-30-29-23(33-24)17-9-12-20(13-10-17)35(5,31)32;1-11(25)17(22-14-6-3-13(10-21)16(20)9-14)19-24-23-18(28-19)12-4-7-15(8-5-12)29(2,26)27;1-2-4-5-3-1/h8-14,16,22,28H,1-7H3;3-9,11,17,22,25H,1-2H3;1-4H2/t16-,22?;11-,17?;/m00./s1. The van der Waals surface area contributed by atoms with Crippen molar-refractivity contribution in [3.05, 3.63) is 118 Å². The Labute approximate surface area is 420 Å². The molecule has 22 heteroatoms. The molecule has 7 rings (SSSR count). The second kappa shape index (κ2) is 23.5. The number of nitriles is 2. The molecule has 0 spiro atoms. The number of hydrogen-bond donors (Lipinski definition) is 3. The van der Waals surface area contributed by atoms with E-state index in [2.05, 4.69) is 71.0 Å². The third-order valence-corrected chi connectivity index (χ3v) is 18.8. The number of aliphatic hydroxyl groups is 1. The molecule has 4 aromatic carbocycles. The van der Waals surface area contributed by atoms with Crippen molar-refractivity contribution >= 4 is 62.6 Å². The second-order valence-corrected chi connectivity index (χ2v) is 27.6. The summed E-state index contributed by atoms with van der Waals surface area (Å²) in [6.45, 7) is 16.4. The summed E-state index contributed by atoms with van der Waals surface area (Å²) in [7, 11) is -8.76. The lowest BCUT2D eigenvalue weighted by molar-refractivity contribution is 0.159. The molecule has 372 valence electrons. The minimum absolute atomic E-state index is 0.00900. The van der Waals surface area contributed by atoms with Crippen LogP contribution in [0.25, 0.3) is 22.9 Å². The van der Waals surface area contributed by atoms with Gasteiger partial charge in [0, 0.05) is 48.2 Å². The first-order chi connectivity index (χ1) is 32.8. The van der Waals surface area contributed by atoms with E-state index in [4.69, 9.17) is 46.5 Å². The third kappa shape index (κ3) is 14.9. The molecule has 1 fully saturated rings. The molecule has 2 unspecified atom stereocenters. The molecule has 1 aliphatic heterocycles. The molecule has 3 N–H and O–H groups in total. The van der Waals surface area contributed by atoms with E-state index >= 15 is 0 Å². The number of aromatic nitrogens is 4. The van der Waals surface area contributed by atoms with Gasteiger partial charge < -0.3 is 33.7 Å². The number of nitrogens with zero attached hydrogens (tertiary/aromatic N) is 6. The number of anilines is 2. The first-order valence-electron chi connectivity index (χ1n) is 21.9. The molecule has 3 heterocycles. The fourth-order valence-electron chi connectivity index (χ4n) is 6.38. The maximum absolute atomic E-state index is 11.8. The van der Waals surface area contributed by atoms with Gasteiger partial charge in [0.15, 0.2) is 28.0 Å². The summed E-state index contributed by atoms with van der Waals surface area (Å²) in [4.78, 5) is 0.391. The number of rotatable bonds is 14. The zero-order valence-corrected chi connectivity index (χ0v) is 44.3. The van der Waals surface area contributed by atoms with Gasteiger partial charge in [-0.1, -0.05) is 44.0 Å². The van der Waals surface area contributed by atoms with Crippen LogP contribution in [0.1, 0.15) is 82.5 Å². The number of benzene rings is 4. The Kier molecular flexibility index (Phi) is 18.5. The lowest BCUT2D eigenvalue weighted by atomic mass is 10.1. The van der Waals surface area contributed by atoms with Gasteiger partial charge in [-0.05, 0) is 130 Å². The van der Waals surface area contributed by atoms with Crippen molar-refractivity contribution in [3.63, 3.8) is 0 Å². The number of ether oxygens (including phenoxy) is 1. The average Bonchev–Trinajstić information content (AvgIpc) is 4.12. The number of aliphatic hydroxyl groups excluding tert-OH is 1. The Morgan fingerprint density at radius 3 is 1.41 bits per heavy atom. The van der Waals surface area contributed by atoms with Crippen LogP contribution in [0.4, 0.5) is 11.4 Å². The van der Waals surface area contributed by atoms with Gasteiger partial charge in [-0.3, -0.25) is 0 Å². The predicted molar refractivity (Wildman–Crippen MR) is 270 cm³/mol. The van der Waals surface area contributed by atoms with Crippen LogP contribution in [0, 0.1) is 22.7 Å². The van der Waals surface area contributed by atoms with Crippen LogP contribution in [0.15, 0.2) is 104 Å². The van der Waals surface area contributed by atoms with Crippen LogP contribution in [-0.2, 0) is 28.8 Å². The molecule has 0 aliphatic carbocycles. The summed E-state index contributed by atoms with van der Waals surface area (Å²) in [5, 5.41) is 51.8. The SMILES string of the molecule is C1CCOC1.C[C@H](O)C(Nc1ccc(C#N)c(Cl)c1)c1nnc(-c2ccc(S(C)(=O)=O)cc2)o1.C[C@H](O[Si](C)(C)C(C)(C)C)C(Nc1ccc(C#N)c(Cl)c1)c1nnc(-c2ccc(S(C)(=O)=O)cc2)o1. The third-order valence-electron chi connectivity index (χ3n) is 11.4. The van der Waals surface area contributed by atoms with Gasteiger partial charge in [0.2, 0.25) is 23.6 Å². The van der Waals surface area contributed by atoms with Gasteiger partial charge in [0.1, 0.15) is 24.2 Å². The van der Waals surface area contributed by atoms with E-state index < -0.39 is 46.2 Å². The Hall–Kier alpha value is -5.68. The van der Waals surface area contributed by atoms with E-state index in [-0.39, 0.29) is 43.6 Å². The molecule has 0 amide bonds. The summed E-state index contributed by atoms with van der Waals surface area (Å²) in [6, 6.07) is 25.0. The fraction of sp³-hybridized carbons (Fsp3) is 0.375. The molecule has 4 atom stereocenters. The van der Waals surface area contributed by atoms with E-state index in [1.807, 2.05) is 13.0 Å². The highest BCUT2D eigenvalue weighted by atomic mass is 35.5. The molecule has 6 aromatic rings. The summed E-state index contributed by atoms with van der Waals surface area (Å²) in [5.41, 5.74) is 3.09. The van der Waals surface area contributed by atoms with E-state index in [0.717, 1.165) is 25.7 Å². The molecule has 1 saturated heterocycles. The van der Waals surface area contributed by atoms with E-state index in [0.29, 0.717) is 44.5 Å². The number of nitrogens with one attached hydrogen (secondary N) is 2. The van der Waals surface area contributed by atoms with Gasteiger partial charge >= 0.3 is 0 Å². The first kappa shape index (κ1) is 55.2. The van der Waals surface area contributed by atoms with E-state index in [1.165, 1.54) is 37.1 Å². The largest absolute Gasteiger partial charge is 0.418 e. The zero-order valence-electron chi connectivity index (χ0n) is 40.2. The smallest absolute Gasteiger partial charge is 0.247 e. The molecule has 0 saturated carbocycles. The average molecular weight is 1050 g/mol. The van der Waals surface area contributed by atoms with E-state index in [9.17, 15) is 27.2 Å². The quantitative estimate of drug-likeness (QED) is 0.0857. The molecule has 1 aliphatic rings. The van der Waals surface area contributed by atoms with Gasteiger partial charge in [-0.25, -0.2) is 16.8 Å². The van der Waals surface area contributed by atoms with E-state index in [1.54, 1.807) is 67.6 Å². The van der Waals surface area contributed by atoms with Crippen molar-refractivity contribution in [1.82, 2.24) is 20.4 Å². The Morgan fingerprint density at radius 1 is 0.686 bits per heavy atom. The Morgan fingerprint density at radius 2 is 1.09 bits per heavy atom. The zero-order chi connectivity index (χ0) is 51.6. The van der Waals surface area contributed by atoms with Crippen LogP contribution in [0.5, 0.6) is 0 Å². The van der Waals surface area contributed by atoms with Gasteiger partial charge in [-0.15, -0.1) is 20.4 Å². The Bertz CT molecular complexity index is 3030. The maximum atomic E-state index is 11.8. The van der Waals surface area contributed by atoms with Crippen LogP contribution >= 0.6 is 23.2 Å². The van der Waals surface area contributed by atoms with Crippen LogP contribution in [0.3, 0.4) is 0 Å². The van der Waals surface area contributed by atoms with Crippen molar-refractivity contribution in [2.24, 2.45) is 0 Å². The molecule has 17 nitrogen and oxygen atoms in total. The van der Waals surface area contributed by atoms with Gasteiger partial charge in [0.25, 0.3) is 0 Å². The fourth-order valence-corrected chi connectivity index (χ4v) is 9.51. The summed E-state index contributed by atoms with van der Waals surface area (Å²) >= 11 is 12.3. The van der Waals surface area contributed by atoms with Gasteiger partial charge in [-0.2, -0.15) is 10.5 Å². The van der Waals surface area contributed by atoms with Crippen molar-refractivity contribution in [2.75, 3.05) is 36.4 Å². The highest BCUT2D eigenvalue weighted by Gasteiger charge is 2.41. The molecular formula is C48H56Cl2N8O9S2Si. The monoisotopic (exact) mass is 1050 g/mol. The molecule has 2 aromatic heterocycles. The lowest BCUT2D eigenvalue weighted by Gasteiger charge is -2.40. The summed E-state index contributed by atoms with van der Waals surface area (Å²) in [5.74, 6) is 0.895. The predicted octanol–water partition coefficient (Wildman–Crippen LogP) is 10.2. The maximum Gasteiger partial charge on any atom is 0.247 e. The minimum Gasteiger partial charge on any atom is -0.418 e. The van der Waals surface area contributed by atoms with Crippen LogP contribution < -0.4 is 10.6 Å². The highest BCUT2D eigenvalue weighted by Crippen LogP contribution is 2.40. The van der Waals surface area contributed by atoms with Crippen molar-refractivity contribution < 1.29 is 39.9 Å². The first-order valence-corrected chi connectivity index (χ1v) is 29.4. The van der Waals surface area contributed by atoms with Crippen LogP contribution in [0.2, 0.25) is 28.2 Å². The molecule has 70 heavy (non-hydrogen) atoms. The topological polar surface area (TPSA) is 256 Å². The molecular weight excluding hydrogens is 996 g/mol. The van der Waals surface area contributed by atoms with Gasteiger partial charge in [0.05, 0.1) is 43.2 Å². The van der Waals surface area contributed by atoms with Crippen LogP contribution in [-0.4, -0.2) is 88.6 Å². The molecule has 0 bridgehead atoms.